The van der Waals surface area contributed by atoms with E-state index in [2.05, 4.69) is 0 Å². The molecule has 30 heavy (non-hydrogen) atoms. The van der Waals surface area contributed by atoms with E-state index >= 15 is 0 Å². The minimum absolute atomic E-state index is 0.0823. The van der Waals surface area contributed by atoms with Crippen LogP contribution in [0.2, 0.25) is 0 Å². The molecule has 2 rings (SSSR count). The summed E-state index contributed by atoms with van der Waals surface area (Å²) in [7, 11) is 3.31. The molecule has 0 atom stereocenters. The smallest absolute Gasteiger partial charge is 0.330 e. The summed E-state index contributed by atoms with van der Waals surface area (Å²) >= 11 is 0. The molecule has 0 aromatic carbocycles. The number of hydrogen-bond acceptors (Lipinski definition) is 10. The third-order valence-electron chi connectivity index (χ3n) is 4.20. The summed E-state index contributed by atoms with van der Waals surface area (Å²) in [6.07, 6.45) is 3.40. The van der Waals surface area contributed by atoms with Crippen LogP contribution in [0.4, 0.5) is 0 Å². The molecular weight excluding hydrogens is 436 g/mol. The van der Waals surface area contributed by atoms with Crippen LogP contribution in [-0.2, 0) is 38.4 Å². The maximum absolute atomic E-state index is 11.6. The summed E-state index contributed by atoms with van der Waals surface area (Å²) < 4.78 is 0. The van der Waals surface area contributed by atoms with Crippen molar-refractivity contribution in [3.63, 3.8) is 0 Å². The number of imide groups is 2. The second-order valence-corrected chi connectivity index (χ2v) is 9.35. The molecule has 0 unspecified atom stereocenters. The van der Waals surface area contributed by atoms with Crippen molar-refractivity contribution in [3.8, 4) is 0 Å². The zero-order chi connectivity index (χ0) is 21.9. The average molecular weight is 461 g/mol. The number of nitrogens with zero attached hydrogens (tertiary/aromatic N) is 2. The van der Waals surface area contributed by atoms with E-state index in [1.54, 1.807) is 21.6 Å². The van der Waals surface area contributed by atoms with E-state index in [0.29, 0.717) is 23.0 Å². The summed E-state index contributed by atoms with van der Waals surface area (Å²) in [6, 6.07) is 0. The van der Waals surface area contributed by atoms with Crippen LogP contribution in [-0.4, -0.2) is 57.2 Å². The fraction of sp³-hybridized carbons (Fsp3) is 0.667. The van der Waals surface area contributed by atoms with Gasteiger partial charge in [0.2, 0.25) is 0 Å². The lowest BCUT2D eigenvalue weighted by Crippen LogP contribution is -2.31. The standard InChI is InChI=1S/C18H24N2O8S2/c21-13-7-8-14(22)19(13)27-17(25)5-1-3-11-29-30-12-4-2-6-18(26)28-20-15(23)9-10-16(20)24/h1-12H2. The maximum atomic E-state index is 11.6. The summed E-state index contributed by atoms with van der Waals surface area (Å²) in [5.74, 6) is -1.42. The van der Waals surface area contributed by atoms with E-state index in [0.717, 1.165) is 24.3 Å². The van der Waals surface area contributed by atoms with E-state index in [1.807, 2.05) is 0 Å². The van der Waals surface area contributed by atoms with Gasteiger partial charge in [0.1, 0.15) is 0 Å². The highest BCUT2D eigenvalue weighted by Crippen LogP contribution is 2.24. The Bertz CT molecular complexity index is 610. The number of rotatable bonds is 13. The number of carbonyl (C=O) groups excluding carboxylic acids is 6. The monoisotopic (exact) mass is 460 g/mol. The van der Waals surface area contributed by atoms with E-state index in [-0.39, 0.29) is 38.5 Å². The van der Waals surface area contributed by atoms with Gasteiger partial charge in [-0.25, -0.2) is 9.59 Å². The van der Waals surface area contributed by atoms with Gasteiger partial charge in [-0.3, -0.25) is 19.2 Å². The fourth-order valence-electron chi connectivity index (χ4n) is 2.59. The van der Waals surface area contributed by atoms with Crippen molar-refractivity contribution in [2.75, 3.05) is 11.5 Å². The van der Waals surface area contributed by atoms with Crippen LogP contribution in [0.5, 0.6) is 0 Å². The van der Waals surface area contributed by atoms with Gasteiger partial charge in [0.15, 0.2) is 0 Å². The van der Waals surface area contributed by atoms with Crippen LogP contribution in [0.3, 0.4) is 0 Å². The van der Waals surface area contributed by atoms with E-state index < -0.39 is 35.6 Å². The third-order valence-corrected chi connectivity index (χ3v) is 6.78. The lowest BCUT2D eigenvalue weighted by molar-refractivity contribution is -0.197. The summed E-state index contributed by atoms with van der Waals surface area (Å²) in [6.45, 7) is 0. The van der Waals surface area contributed by atoms with E-state index in [4.69, 9.17) is 9.68 Å². The molecular formula is C18H24N2O8S2. The first-order chi connectivity index (χ1) is 14.4. The van der Waals surface area contributed by atoms with Gasteiger partial charge >= 0.3 is 11.9 Å². The molecule has 0 spiro atoms. The van der Waals surface area contributed by atoms with Crippen LogP contribution in [0.25, 0.3) is 0 Å². The average Bonchev–Trinajstić information content (AvgIpc) is 3.19. The molecule has 0 aliphatic carbocycles. The zero-order valence-corrected chi connectivity index (χ0v) is 18.1. The van der Waals surface area contributed by atoms with Crippen molar-refractivity contribution in [1.82, 2.24) is 10.1 Å². The van der Waals surface area contributed by atoms with Crippen molar-refractivity contribution in [2.24, 2.45) is 0 Å². The number of unbranched alkanes of at least 4 members (excludes halogenated alkanes) is 2. The Kier molecular flexibility index (Phi) is 10.1. The minimum Gasteiger partial charge on any atom is -0.330 e. The Balaban J connectivity index is 1.39. The van der Waals surface area contributed by atoms with Crippen LogP contribution in [0, 0.1) is 0 Å². The third kappa shape index (κ3) is 7.98. The highest BCUT2D eigenvalue weighted by molar-refractivity contribution is 8.76. The Morgan fingerprint density at radius 1 is 0.633 bits per heavy atom. The fourth-order valence-corrected chi connectivity index (χ4v) is 4.88. The molecule has 0 saturated carbocycles. The van der Waals surface area contributed by atoms with Gasteiger partial charge in [-0.2, -0.15) is 0 Å². The molecule has 2 aliphatic rings. The Hall–Kier alpha value is -2.08. The second-order valence-electron chi connectivity index (χ2n) is 6.65. The number of carbonyl (C=O) groups is 6. The number of amides is 4. The van der Waals surface area contributed by atoms with Gasteiger partial charge in [-0.05, 0) is 25.7 Å². The molecule has 0 aromatic heterocycles. The zero-order valence-electron chi connectivity index (χ0n) is 16.5. The lowest BCUT2D eigenvalue weighted by atomic mass is 10.2. The van der Waals surface area contributed by atoms with Crippen molar-refractivity contribution in [3.05, 3.63) is 0 Å². The Labute approximate surface area is 181 Å². The van der Waals surface area contributed by atoms with Crippen molar-refractivity contribution in [1.29, 1.82) is 0 Å². The molecule has 4 amide bonds. The van der Waals surface area contributed by atoms with Crippen LogP contribution in [0.15, 0.2) is 0 Å². The lowest BCUT2D eigenvalue weighted by Gasteiger charge is -2.12. The van der Waals surface area contributed by atoms with Gasteiger partial charge in [-0.1, -0.05) is 21.6 Å². The summed E-state index contributed by atoms with van der Waals surface area (Å²) in [5, 5.41) is 1.12. The molecule has 0 aromatic rings. The van der Waals surface area contributed by atoms with Gasteiger partial charge in [0.05, 0.1) is 0 Å². The minimum atomic E-state index is -0.583. The highest BCUT2D eigenvalue weighted by Gasteiger charge is 2.33. The molecule has 166 valence electrons. The van der Waals surface area contributed by atoms with Crippen LogP contribution >= 0.6 is 21.6 Å². The molecule has 2 saturated heterocycles. The topological polar surface area (TPSA) is 127 Å². The Morgan fingerprint density at radius 3 is 1.30 bits per heavy atom. The van der Waals surface area contributed by atoms with Crippen molar-refractivity contribution >= 4 is 57.2 Å². The molecule has 2 heterocycles. The molecule has 0 radical (unpaired) electrons. The first-order valence-corrected chi connectivity index (χ1v) is 12.2. The molecule has 0 bridgehead atoms. The van der Waals surface area contributed by atoms with E-state index in [1.165, 1.54) is 0 Å². The SMILES string of the molecule is O=C(CCCCSSCCCCC(=O)ON1C(=O)CCC1=O)ON1C(=O)CCC1=O. The van der Waals surface area contributed by atoms with Gasteiger partial charge in [0.25, 0.3) is 23.6 Å². The molecule has 2 aliphatic heterocycles. The van der Waals surface area contributed by atoms with Gasteiger partial charge in [-0.15, -0.1) is 10.1 Å². The van der Waals surface area contributed by atoms with Gasteiger partial charge < -0.3 is 9.68 Å². The van der Waals surface area contributed by atoms with Gasteiger partial charge in [0, 0.05) is 50.0 Å². The second kappa shape index (κ2) is 12.6. The van der Waals surface area contributed by atoms with Crippen molar-refractivity contribution < 1.29 is 38.4 Å². The highest BCUT2D eigenvalue weighted by atomic mass is 33.1. The van der Waals surface area contributed by atoms with Crippen molar-refractivity contribution in [2.45, 2.75) is 64.2 Å². The quantitative estimate of drug-likeness (QED) is 0.228. The molecule has 12 heteroatoms. The predicted molar refractivity (Wildman–Crippen MR) is 107 cm³/mol. The van der Waals surface area contributed by atoms with Crippen LogP contribution in [0.1, 0.15) is 64.2 Å². The number of hydroxylamine groups is 4. The first-order valence-electron chi connectivity index (χ1n) is 9.76. The largest absolute Gasteiger partial charge is 0.333 e. The van der Waals surface area contributed by atoms with E-state index in [9.17, 15) is 28.8 Å². The predicted octanol–water partition coefficient (Wildman–Crippen LogP) is 1.92. The summed E-state index contributed by atoms with van der Waals surface area (Å²) in [4.78, 5) is 78.3. The first kappa shape index (κ1) is 24.2. The normalized spacial score (nSPS) is 16.5. The number of hydrogen-bond donors (Lipinski definition) is 0. The summed E-state index contributed by atoms with van der Waals surface area (Å²) in [5.41, 5.74) is 0. The molecule has 2 fully saturated rings. The maximum Gasteiger partial charge on any atom is 0.333 e. The molecule has 0 N–H and O–H groups in total. The van der Waals surface area contributed by atoms with Crippen LogP contribution < -0.4 is 0 Å². The molecule has 10 nitrogen and oxygen atoms in total. The Morgan fingerprint density at radius 2 is 0.967 bits per heavy atom.